The number of nitrogens with zero attached hydrogens (tertiary/aromatic N) is 2. The van der Waals surface area contributed by atoms with Gasteiger partial charge in [-0.1, -0.05) is 30.3 Å². The molecule has 176 valence electrons. The number of carbonyl (C=O) groups is 3. The van der Waals surface area contributed by atoms with Gasteiger partial charge in [-0.05, 0) is 48.0 Å². The first-order valence-electron chi connectivity index (χ1n) is 11.0. The van der Waals surface area contributed by atoms with Crippen molar-refractivity contribution in [1.82, 2.24) is 4.98 Å². The number of nitrogens with one attached hydrogen (secondary N) is 1. The lowest BCUT2D eigenvalue weighted by Gasteiger charge is -2.25. The molecular formula is C28H19N3O5. The van der Waals surface area contributed by atoms with Crippen LogP contribution in [-0.2, 0) is 14.4 Å². The average Bonchev–Trinajstić information content (AvgIpc) is 3.43. The largest absolute Gasteiger partial charge is 0.507 e. The minimum Gasteiger partial charge on any atom is -0.507 e. The van der Waals surface area contributed by atoms with Crippen molar-refractivity contribution >= 4 is 40.0 Å². The zero-order valence-corrected chi connectivity index (χ0v) is 19.1. The molecule has 1 saturated heterocycles. The van der Waals surface area contributed by atoms with Crippen molar-refractivity contribution in [2.45, 2.75) is 13.0 Å². The van der Waals surface area contributed by atoms with E-state index in [2.05, 4.69) is 4.98 Å². The standard InChI is InChI=1S/C28H19N3O5/c1-16(32)36-20-12-8-18(9-13-20)25-24(26(33)22-15-30-23-5-3-2-4-21(22)23)27(34)28(35)31(25)19-10-6-17(14-29)7-11-19/h2-13,15,25,30,33H,1H3/b26-24-. The zero-order chi connectivity index (χ0) is 25.4. The summed E-state index contributed by atoms with van der Waals surface area (Å²) in [6.45, 7) is 1.29. The third-order valence-electron chi connectivity index (χ3n) is 6.02. The summed E-state index contributed by atoms with van der Waals surface area (Å²) in [7, 11) is 0. The maximum atomic E-state index is 13.3. The van der Waals surface area contributed by atoms with Gasteiger partial charge in [0.05, 0.1) is 23.2 Å². The van der Waals surface area contributed by atoms with E-state index < -0.39 is 23.7 Å². The topological polar surface area (TPSA) is 123 Å². The van der Waals surface area contributed by atoms with E-state index in [1.807, 2.05) is 24.3 Å². The lowest BCUT2D eigenvalue weighted by molar-refractivity contribution is -0.132. The number of aromatic nitrogens is 1. The van der Waals surface area contributed by atoms with Gasteiger partial charge in [0.25, 0.3) is 11.7 Å². The van der Waals surface area contributed by atoms with Crippen LogP contribution in [0.4, 0.5) is 5.69 Å². The Morgan fingerprint density at radius 1 is 1.03 bits per heavy atom. The van der Waals surface area contributed by atoms with E-state index in [1.165, 1.54) is 11.8 Å². The Balaban J connectivity index is 1.70. The summed E-state index contributed by atoms with van der Waals surface area (Å²) in [5.74, 6) is -2.13. The molecule has 0 radical (unpaired) electrons. The van der Waals surface area contributed by atoms with Crippen LogP contribution in [0.5, 0.6) is 5.75 Å². The number of aliphatic hydroxyl groups is 1. The Hall–Kier alpha value is -5.16. The first kappa shape index (κ1) is 22.6. The second-order valence-corrected chi connectivity index (χ2v) is 8.24. The molecule has 8 heteroatoms. The number of nitriles is 1. The summed E-state index contributed by atoms with van der Waals surface area (Å²) in [5, 5.41) is 21.2. The van der Waals surface area contributed by atoms with Gasteiger partial charge in [0.1, 0.15) is 11.5 Å². The lowest BCUT2D eigenvalue weighted by Crippen LogP contribution is -2.29. The molecule has 1 fully saturated rings. The maximum absolute atomic E-state index is 13.3. The van der Waals surface area contributed by atoms with Gasteiger partial charge < -0.3 is 14.8 Å². The second kappa shape index (κ2) is 8.89. The molecule has 1 unspecified atom stereocenters. The van der Waals surface area contributed by atoms with Gasteiger partial charge in [-0.3, -0.25) is 19.3 Å². The van der Waals surface area contributed by atoms with Crippen LogP contribution in [0.3, 0.4) is 0 Å². The monoisotopic (exact) mass is 477 g/mol. The van der Waals surface area contributed by atoms with Crippen LogP contribution in [0, 0.1) is 11.3 Å². The molecule has 0 spiro atoms. The van der Waals surface area contributed by atoms with Crippen LogP contribution in [-0.4, -0.2) is 27.8 Å². The number of rotatable bonds is 4. The predicted molar refractivity (Wildman–Crippen MR) is 132 cm³/mol. The number of hydrogen-bond acceptors (Lipinski definition) is 6. The number of Topliss-reactive ketones (excluding diaryl/α,β-unsaturated/α-hetero) is 1. The third kappa shape index (κ3) is 3.79. The van der Waals surface area contributed by atoms with Crippen molar-refractivity contribution in [2.24, 2.45) is 0 Å². The summed E-state index contributed by atoms with van der Waals surface area (Å²) < 4.78 is 5.11. The fourth-order valence-electron chi connectivity index (χ4n) is 4.41. The smallest absolute Gasteiger partial charge is 0.308 e. The molecule has 4 aromatic rings. The summed E-state index contributed by atoms with van der Waals surface area (Å²) in [6, 6.07) is 21.0. The quantitative estimate of drug-likeness (QED) is 0.146. The fourth-order valence-corrected chi connectivity index (χ4v) is 4.41. The Morgan fingerprint density at radius 2 is 1.72 bits per heavy atom. The molecule has 2 heterocycles. The van der Waals surface area contributed by atoms with E-state index in [9.17, 15) is 19.5 Å². The fraction of sp³-hybridized carbons (Fsp3) is 0.0714. The normalized spacial score (nSPS) is 16.8. The minimum atomic E-state index is -0.960. The van der Waals surface area contributed by atoms with Crippen molar-refractivity contribution in [3.63, 3.8) is 0 Å². The molecule has 3 aromatic carbocycles. The summed E-state index contributed by atoms with van der Waals surface area (Å²) in [5.41, 5.74) is 2.40. The van der Waals surface area contributed by atoms with Crippen LogP contribution >= 0.6 is 0 Å². The zero-order valence-electron chi connectivity index (χ0n) is 19.1. The SMILES string of the molecule is CC(=O)Oc1ccc(C2/C(=C(/O)c3c[nH]c4ccccc34)C(=O)C(=O)N2c2ccc(C#N)cc2)cc1. The minimum absolute atomic E-state index is 0.0747. The Kier molecular flexibility index (Phi) is 5.59. The highest BCUT2D eigenvalue weighted by Crippen LogP contribution is 2.43. The predicted octanol–water partition coefficient (Wildman–Crippen LogP) is 4.59. The van der Waals surface area contributed by atoms with Crippen LogP contribution in [0.15, 0.2) is 84.6 Å². The summed E-state index contributed by atoms with van der Waals surface area (Å²) >= 11 is 0. The number of ketones is 1. The number of hydrogen-bond donors (Lipinski definition) is 2. The van der Waals surface area contributed by atoms with Gasteiger partial charge in [-0.25, -0.2) is 0 Å². The molecule has 1 aliphatic heterocycles. The number of aliphatic hydroxyl groups excluding tert-OH is 1. The summed E-state index contributed by atoms with van der Waals surface area (Å²) in [6.07, 6.45) is 1.59. The molecular weight excluding hydrogens is 458 g/mol. The van der Waals surface area contributed by atoms with E-state index in [0.29, 0.717) is 33.5 Å². The van der Waals surface area contributed by atoms with Gasteiger partial charge >= 0.3 is 5.97 Å². The van der Waals surface area contributed by atoms with Gasteiger partial charge in [0.15, 0.2) is 0 Å². The van der Waals surface area contributed by atoms with E-state index in [1.54, 1.807) is 60.8 Å². The van der Waals surface area contributed by atoms with E-state index in [0.717, 1.165) is 5.52 Å². The van der Waals surface area contributed by atoms with E-state index in [-0.39, 0.29) is 11.3 Å². The molecule has 1 aliphatic rings. The van der Waals surface area contributed by atoms with Gasteiger partial charge in [0.2, 0.25) is 0 Å². The molecule has 1 amide bonds. The van der Waals surface area contributed by atoms with Gasteiger partial charge in [-0.2, -0.15) is 5.26 Å². The molecule has 0 bridgehead atoms. The Morgan fingerprint density at radius 3 is 2.39 bits per heavy atom. The third-order valence-corrected chi connectivity index (χ3v) is 6.02. The number of amides is 1. The first-order valence-corrected chi connectivity index (χ1v) is 11.0. The molecule has 0 saturated carbocycles. The molecule has 0 aliphatic carbocycles. The second-order valence-electron chi connectivity index (χ2n) is 8.24. The van der Waals surface area contributed by atoms with E-state index in [4.69, 9.17) is 10.00 Å². The lowest BCUT2D eigenvalue weighted by atomic mass is 9.95. The molecule has 5 rings (SSSR count). The molecule has 1 aromatic heterocycles. The van der Waals surface area contributed by atoms with Gasteiger partial charge in [-0.15, -0.1) is 0 Å². The molecule has 8 nitrogen and oxygen atoms in total. The number of ether oxygens (including phenoxy) is 1. The van der Waals surface area contributed by atoms with E-state index >= 15 is 0 Å². The highest BCUT2D eigenvalue weighted by molar-refractivity contribution is 6.51. The number of esters is 1. The molecule has 36 heavy (non-hydrogen) atoms. The highest BCUT2D eigenvalue weighted by atomic mass is 16.5. The van der Waals surface area contributed by atoms with Crippen molar-refractivity contribution in [1.29, 1.82) is 5.26 Å². The Labute approximate surface area is 205 Å². The van der Waals surface area contributed by atoms with Crippen molar-refractivity contribution < 1.29 is 24.2 Å². The Bertz CT molecular complexity index is 1590. The number of benzene rings is 3. The number of H-pyrrole nitrogens is 1. The van der Waals surface area contributed by atoms with Crippen LogP contribution in [0.2, 0.25) is 0 Å². The van der Waals surface area contributed by atoms with Crippen LogP contribution in [0.1, 0.15) is 29.7 Å². The molecule has 1 atom stereocenters. The molecule has 2 N–H and O–H groups in total. The summed E-state index contributed by atoms with van der Waals surface area (Å²) in [4.78, 5) is 42.3. The number of aromatic amines is 1. The highest BCUT2D eigenvalue weighted by Gasteiger charge is 2.47. The number of fused-ring (bicyclic) bond motifs is 1. The van der Waals surface area contributed by atoms with Crippen molar-refractivity contribution in [2.75, 3.05) is 4.90 Å². The average molecular weight is 477 g/mol. The van der Waals surface area contributed by atoms with Crippen LogP contribution in [0.25, 0.3) is 16.7 Å². The maximum Gasteiger partial charge on any atom is 0.308 e. The van der Waals surface area contributed by atoms with Crippen molar-refractivity contribution in [3.05, 3.63) is 101 Å². The number of para-hydroxylation sites is 1. The number of anilines is 1. The van der Waals surface area contributed by atoms with Gasteiger partial charge in [0, 0.05) is 35.3 Å². The first-order chi connectivity index (χ1) is 17.4. The van der Waals surface area contributed by atoms with Crippen molar-refractivity contribution in [3.8, 4) is 11.8 Å². The van der Waals surface area contributed by atoms with Crippen LogP contribution < -0.4 is 9.64 Å². The number of carbonyl (C=O) groups excluding carboxylic acids is 3.